The number of carbonyl (C=O) groups is 1. The Hall–Kier alpha value is -2.98. The molecule has 1 N–H and O–H groups in total. The molecule has 2 bridgehead atoms. The van der Waals surface area contributed by atoms with E-state index >= 15 is 0 Å². The van der Waals surface area contributed by atoms with E-state index in [-0.39, 0.29) is 23.8 Å². The minimum atomic E-state index is -0.242. The van der Waals surface area contributed by atoms with Crippen LogP contribution in [0.5, 0.6) is 0 Å². The average molecular weight is 407 g/mol. The monoisotopic (exact) mass is 407 g/mol. The molecule has 1 aromatic heterocycles. The van der Waals surface area contributed by atoms with Crippen LogP contribution in [0.1, 0.15) is 30.9 Å². The van der Waals surface area contributed by atoms with E-state index in [9.17, 15) is 9.18 Å². The number of piperazine rings is 1. The Bertz CT molecular complexity index is 924. The Balaban J connectivity index is 1.30. The third-order valence-corrected chi connectivity index (χ3v) is 6.14. The normalized spacial score (nSPS) is 22.8. The van der Waals surface area contributed by atoms with Crippen molar-refractivity contribution in [2.24, 2.45) is 5.92 Å². The van der Waals surface area contributed by atoms with Crippen molar-refractivity contribution >= 4 is 11.7 Å². The number of benzene rings is 1. The van der Waals surface area contributed by atoms with Gasteiger partial charge < -0.3 is 15.1 Å². The summed E-state index contributed by atoms with van der Waals surface area (Å²) in [7, 11) is 0. The molecular weight excluding hydrogens is 381 g/mol. The van der Waals surface area contributed by atoms with Crippen LogP contribution in [0, 0.1) is 23.1 Å². The lowest BCUT2D eigenvalue weighted by Crippen LogP contribution is -2.56. The predicted molar refractivity (Wildman–Crippen MR) is 112 cm³/mol. The van der Waals surface area contributed by atoms with Gasteiger partial charge in [0.1, 0.15) is 17.7 Å². The zero-order valence-electron chi connectivity index (χ0n) is 17.1. The Morgan fingerprint density at radius 2 is 2.07 bits per heavy atom. The molecule has 2 saturated heterocycles. The quantitative estimate of drug-likeness (QED) is 0.746. The van der Waals surface area contributed by atoms with Crippen molar-refractivity contribution in [3.05, 3.63) is 59.5 Å². The molecule has 0 aliphatic carbocycles. The topological polar surface area (TPSA) is 72.3 Å². The second-order valence-electron chi connectivity index (χ2n) is 8.21. The second kappa shape index (κ2) is 8.80. The van der Waals surface area contributed by atoms with Crippen molar-refractivity contribution in [2.45, 2.75) is 38.4 Å². The summed E-state index contributed by atoms with van der Waals surface area (Å²) in [6, 6.07) is 12.7. The number of nitrogens with zero attached hydrogens (tertiary/aromatic N) is 4. The molecule has 3 heterocycles. The van der Waals surface area contributed by atoms with Crippen molar-refractivity contribution in [2.75, 3.05) is 24.5 Å². The maximum Gasteiger partial charge on any atom is 0.223 e. The fraction of sp³-hybridized carbons (Fsp3) is 0.435. The standard InChI is InChI=1S/C23H26FN5O/c1-16-10-20-14-28(15-21(16)29(20)22-7-4-18(11-25)13-27-22)23(30)8-9-26-12-17-2-5-19(24)6-3-17/h2-7,13,16,20-21,26H,8-10,12,14-15H2,1H3/t16-,20?,21?/m1/s1. The first-order valence-electron chi connectivity index (χ1n) is 10.4. The molecule has 2 aliphatic rings. The molecule has 3 atom stereocenters. The number of anilines is 1. The molecule has 0 spiro atoms. The van der Waals surface area contributed by atoms with E-state index in [1.165, 1.54) is 12.1 Å². The van der Waals surface area contributed by atoms with Crippen LogP contribution in [0.25, 0.3) is 0 Å². The lowest BCUT2D eigenvalue weighted by atomic mass is 10.0. The second-order valence-corrected chi connectivity index (χ2v) is 8.21. The Labute approximate surface area is 176 Å². The summed E-state index contributed by atoms with van der Waals surface area (Å²) >= 11 is 0. The third kappa shape index (κ3) is 4.29. The highest BCUT2D eigenvalue weighted by molar-refractivity contribution is 5.77. The number of halogens is 1. The van der Waals surface area contributed by atoms with Gasteiger partial charge in [-0.05, 0) is 42.2 Å². The van der Waals surface area contributed by atoms with Crippen LogP contribution in [0.2, 0.25) is 0 Å². The smallest absolute Gasteiger partial charge is 0.223 e. The van der Waals surface area contributed by atoms with Crippen LogP contribution in [-0.4, -0.2) is 47.5 Å². The molecule has 2 fully saturated rings. The lowest BCUT2D eigenvalue weighted by Gasteiger charge is -2.42. The highest BCUT2D eigenvalue weighted by atomic mass is 19.1. The van der Waals surface area contributed by atoms with Gasteiger partial charge in [-0.3, -0.25) is 4.79 Å². The lowest BCUT2D eigenvalue weighted by molar-refractivity contribution is -0.132. The molecule has 30 heavy (non-hydrogen) atoms. The zero-order chi connectivity index (χ0) is 21.1. The summed E-state index contributed by atoms with van der Waals surface area (Å²) in [5.74, 6) is 1.30. The van der Waals surface area contributed by atoms with Crippen LogP contribution < -0.4 is 10.2 Å². The number of nitrogens with one attached hydrogen (secondary N) is 1. The van der Waals surface area contributed by atoms with Crippen molar-refractivity contribution in [3.63, 3.8) is 0 Å². The molecule has 2 aromatic rings. The maximum atomic E-state index is 13.0. The van der Waals surface area contributed by atoms with E-state index in [1.807, 2.05) is 11.0 Å². The summed E-state index contributed by atoms with van der Waals surface area (Å²) < 4.78 is 13.0. The SMILES string of the molecule is C[C@@H]1CC2CN(C(=O)CCNCc3ccc(F)cc3)CC1N2c1ccc(C#N)cn1. The molecule has 6 nitrogen and oxygen atoms in total. The molecule has 2 unspecified atom stereocenters. The Morgan fingerprint density at radius 3 is 2.73 bits per heavy atom. The van der Waals surface area contributed by atoms with E-state index in [2.05, 4.69) is 28.2 Å². The van der Waals surface area contributed by atoms with Gasteiger partial charge in [0.15, 0.2) is 0 Å². The van der Waals surface area contributed by atoms with Gasteiger partial charge in [0.2, 0.25) is 5.91 Å². The maximum absolute atomic E-state index is 13.0. The van der Waals surface area contributed by atoms with Crippen LogP contribution >= 0.6 is 0 Å². The number of aromatic nitrogens is 1. The fourth-order valence-electron chi connectivity index (χ4n) is 4.58. The molecule has 2 aliphatic heterocycles. The Kier molecular flexibility index (Phi) is 5.96. The molecule has 0 radical (unpaired) electrons. The van der Waals surface area contributed by atoms with Crippen molar-refractivity contribution in [1.82, 2.24) is 15.2 Å². The fourth-order valence-corrected chi connectivity index (χ4v) is 4.58. The number of fused-ring (bicyclic) bond motifs is 2. The number of rotatable bonds is 6. The first-order valence-corrected chi connectivity index (χ1v) is 10.4. The van der Waals surface area contributed by atoms with E-state index in [1.54, 1.807) is 24.4 Å². The predicted octanol–water partition coefficient (Wildman–Crippen LogP) is 2.70. The van der Waals surface area contributed by atoms with Crippen LogP contribution in [-0.2, 0) is 11.3 Å². The van der Waals surface area contributed by atoms with Gasteiger partial charge in [0, 0.05) is 44.8 Å². The number of pyridine rings is 1. The summed E-state index contributed by atoms with van der Waals surface area (Å²) in [4.78, 5) is 21.6. The number of likely N-dealkylation sites (tertiary alicyclic amines) is 1. The van der Waals surface area contributed by atoms with Gasteiger partial charge in [-0.25, -0.2) is 9.37 Å². The van der Waals surface area contributed by atoms with Crippen molar-refractivity contribution < 1.29 is 9.18 Å². The van der Waals surface area contributed by atoms with Crippen LogP contribution in [0.15, 0.2) is 42.6 Å². The molecule has 0 saturated carbocycles. The van der Waals surface area contributed by atoms with E-state index in [0.717, 1.165) is 17.8 Å². The first-order chi connectivity index (χ1) is 14.5. The van der Waals surface area contributed by atoms with E-state index in [4.69, 9.17) is 5.26 Å². The minimum Gasteiger partial charge on any atom is -0.347 e. The number of hydrogen-bond acceptors (Lipinski definition) is 5. The zero-order valence-corrected chi connectivity index (χ0v) is 17.1. The van der Waals surface area contributed by atoms with E-state index in [0.29, 0.717) is 44.1 Å². The number of hydrogen-bond donors (Lipinski definition) is 1. The summed E-state index contributed by atoms with van der Waals surface area (Å²) in [5.41, 5.74) is 1.56. The Morgan fingerprint density at radius 1 is 1.27 bits per heavy atom. The summed E-state index contributed by atoms with van der Waals surface area (Å²) in [5, 5.41) is 12.3. The van der Waals surface area contributed by atoms with Gasteiger partial charge in [-0.1, -0.05) is 19.1 Å². The number of nitriles is 1. The van der Waals surface area contributed by atoms with Gasteiger partial charge >= 0.3 is 0 Å². The largest absolute Gasteiger partial charge is 0.347 e. The summed E-state index contributed by atoms with van der Waals surface area (Å²) in [6.07, 6.45) is 3.10. The highest BCUT2D eigenvalue weighted by Gasteiger charge is 2.45. The molecular formula is C23H26FN5O. The van der Waals surface area contributed by atoms with Gasteiger partial charge in [0.25, 0.3) is 0 Å². The molecule has 1 aromatic carbocycles. The third-order valence-electron chi connectivity index (χ3n) is 6.14. The summed E-state index contributed by atoms with van der Waals surface area (Å²) in [6.45, 7) is 4.86. The minimum absolute atomic E-state index is 0.165. The van der Waals surface area contributed by atoms with Crippen LogP contribution in [0.4, 0.5) is 10.2 Å². The van der Waals surface area contributed by atoms with Gasteiger partial charge in [0.05, 0.1) is 11.6 Å². The van der Waals surface area contributed by atoms with Gasteiger partial charge in [-0.15, -0.1) is 0 Å². The van der Waals surface area contributed by atoms with E-state index < -0.39 is 0 Å². The van der Waals surface area contributed by atoms with Crippen LogP contribution in [0.3, 0.4) is 0 Å². The molecule has 156 valence electrons. The van der Waals surface area contributed by atoms with Crippen molar-refractivity contribution in [3.8, 4) is 6.07 Å². The molecule has 4 rings (SSSR count). The molecule has 7 heteroatoms. The number of amides is 1. The van der Waals surface area contributed by atoms with Gasteiger partial charge in [-0.2, -0.15) is 5.26 Å². The average Bonchev–Trinajstić information content (AvgIpc) is 2.96. The first kappa shape index (κ1) is 20.3. The van der Waals surface area contributed by atoms with Crippen molar-refractivity contribution in [1.29, 1.82) is 5.26 Å². The highest BCUT2D eigenvalue weighted by Crippen LogP contribution is 2.37. The molecule has 1 amide bonds. The number of carbonyl (C=O) groups excluding carboxylic acids is 1.